The quantitative estimate of drug-likeness (QED) is 0.719. The Morgan fingerprint density at radius 2 is 2.07 bits per heavy atom. The Morgan fingerprint density at radius 3 is 2.73 bits per heavy atom. The average molecular weight is 229 g/mol. The van der Waals surface area contributed by atoms with Crippen molar-refractivity contribution in [1.82, 2.24) is 15.5 Å². The number of nitrogens with one attached hydrogen (secondary N) is 1. The van der Waals surface area contributed by atoms with E-state index in [-0.39, 0.29) is 0 Å². The molecule has 0 bridgehead atoms. The lowest BCUT2D eigenvalue weighted by atomic mass is 10.1. The lowest BCUT2D eigenvalue weighted by Crippen LogP contribution is -2.18. The van der Waals surface area contributed by atoms with Crippen molar-refractivity contribution in [3.05, 3.63) is 10.0 Å². The van der Waals surface area contributed by atoms with Crippen LogP contribution in [0.1, 0.15) is 23.9 Å². The van der Waals surface area contributed by atoms with Gasteiger partial charge in [0.25, 0.3) is 0 Å². The van der Waals surface area contributed by atoms with Crippen molar-refractivity contribution in [3.63, 3.8) is 0 Å². The maximum Gasteiger partial charge on any atom is 0.131 e. The van der Waals surface area contributed by atoms with Gasteiger partial charge in [0.05, 0.1) is 6.61 Å². The van der Waals surface area contributed by atoms with Gasteiger partial charge in [-0.15, -0.1) is 21.5 Å². The van der Waals surface area contributed by atoms with Crippen LogP contribution in [0, 0.1) is 5.92 Å². The zero-order valence-corrected chi connectivity index (χ0v) is 10.4. The van der Waals surface area contributed by atoms with Crippen molar-refractivity contribution < 1.29 is 4.74 Å². The molecule has 0 aliphatic carbocycles. The second-order valence-corrected chi connectivity index (χ2v) is 5.00. The summed E-state index contributed by atoms with van der Waals surface area (Å²) in [5, 5.41) is 13.7. The van der Waals surface area contributed by atoms with Gasteiger partial charge in [0.1, 0.15) is 10.0 Å². The maximum absolute atomic E-state index is 4.94. The summed E-state index contributed by atoms with van der Waals surface area (Å²) in [6, 6.07) is 0. The van der Waals surface area contributed by atoms with Crippen LogP contribution in [-0.4, -0.2) is 30.5 Å². The van der Waals surface area contributed by atoms with Gasteiger partial charge in [-0.2, -0.15) is 0 Å². The molecular weight excluding hydrogens is 210 g/mol. The highest BCUT2D eigenvalue weighted by molar-refractivity contribution is 7.11. The van der Waals surface area contributed by atoms with Crippen LogP contribution in [-0.2, 0) is 17.7 Å². The highest BCUT2D eigenvalue weighted by atomic mass is 32.1. The molecule has 0 fully saturated rings. The summed E-state index contributed by atoms with van der Waals surface area (Å²) in [4.78, 5) is 0. The summed E-state index contributed by atoms with van der Waals surface area (Å²) in [7, 11) is 1.70. The summed E-state index contributed by atoms with van der Waals surface area (Å²) in [5.41, 5.74) is 0. The molecule has 0 spiro atoms. The molecule has 86 valence electrons. The number of methoxy groups -OCH3 is 1. The first kappa shape index (κ1) is 12.5. The molecule has 0 aliphatic heterocycles. The standard InChI is InChI=1S/C10H19N3OS/c1-8(2)6-9-12-13-10(15-9)7-11-4-5-14-3/h8,11H,4-7H2,1-3H3. The van der Waals surface area contributed by atoms with Gasteiger partial charge >= 0.3 is 0 Å². The number of ether oxygens (including phenoxy) is 1. The van der Waals surface area contributed by atoms with Crippen molar-refractivity contribution in [2.75, 3.05) is 20.3 Å². The van der Waals surface area contributed by atoms with E-state index < -0.39 is 0 Å². The van der Waals surface area contributed by atoms with Gasteiger partial charge in [0.15, 0.2) is 0 Å². The van der Waals surface area contributed by atoms with E-state index in [0.29, 0.717) is 5.92 Å². The zero-order chi connectivity index (χ0) is 11.1. The van der Waals surface area contributed by atoms with E-state index in [0.717, 1.165) is 36.1 Å². The summed E-state index contributed by atoms with van der Waals surface area (Å²) in [6.45, 7) is 6.77. The van der Waals surface area contributed by atoms with Crippen LogP contribution in [0.25, 0.3) is 0 Å². The van der Waals surface area contributed by atoms with Crippen LogP contribution in [0.5, 0.6) is 0 Å². The van der Waals surface area contributed by atoms with Gasteiger partial charge < -0.3 is 10.1 Å². The van der Waals surface area contributed by atoms with Crippen molar-refractivity contribution >= 4 is 11.3 Å². The molecule has 4 nitrogen and oxygen atoms in total. The Hall–Kier alpha value is -0.520. The SMILES string of the molecule is COCCNCc1nnc(CC(C)C)s1. The van der Waals surface area contributed by atoms with Crippen molar-refractivity contribution in [2.24, 2.45) is 5.92 Å². The van der Waals surface area contributed by atoms with Gasteiger partial charge in [-0.1, -0.05) is 13.8 Å². The summed E-state index contributed by atoms with van der Waals surface area (Å²) in [5.74, 6) is 0.646. The Labute approximate surface area is 95.1 Å². The first-order valence-electron chi connectivity index (χ1n) is 5.23. The van der Waals surface area contributed by atoms with Crippen molar-refractivity contribution in [3.8, 4) is 0 Å². The summed E-state index contributed by atoms with van der Waals surface area (Å²) < 4.78 is 4.94. The highest BCUT2D eigenvalue weighted by Crippen LogP contribution is 2.13. The molecule has 1 aromatic heterocycles. The number of nitrogens with zero attached hydrogens (tertiary/aromatic N) is 2. The summed E-state index contributed by atoms with van der Waals surface area (Å²) >= 11 is 1.69. The van der Waals surface area contributed by atoms with E-state index >= 15 is 0 Å². The minimum absolute atomic E-state index is 0.646. The predicted molar refractivity (Wildman–Crippen MR) is 62.0 cm³/mol. The first-order valence-corrected chi connectivity index (χ1v) is 6.05. The third kappa shape index (κ3) is 5.20. The van der Waals surface area contributed by atoms with Crippen molar-refractivity contribution in [1.29, 1.82) is 0 Å². The smallest absolute Gasteiger partial charge is 0.131 e. The molecule has 15 heavy (non-hydrogen) atoms. The molecule has 0 aromatic carbocycles. The number of hydrogen-bond donors (Lipinski definition) is 1. The molecule has 1 aromatic rings. The van der Waals surface area contributed by atoms with Crippen LogP contribution >= 0.6 is 11.3 Å². The second kappa shape index (κ2) is 6.87. The molecule has 0 atom stereocenters. The fourth-order valence-electron chi connectivity index (χ4n) is 1.16. The third-order valence-corrected chi connectivity index (χ3v) is 2.80. The van der Waals surface area contributed by atoms with E-state index in [1.807, 2.05) is 0 Å². The van der Waals surface area contributed by atoms with Crippen LogP contribution in [0.3, 0.4) is 0 Å². The van der Waals surface area contributed by atoms with Gasteiger partial charge in [-0.25, -0.2) is 0 Å². The zero-order valence-electron chi connectivity index (χ0n) is 9.62. The number of rotatable bonds is 7. The first-order chi connectivity index (χ1) is 7.22. The largest absolute Gasteiger partial charge is 0.383 e. The lowest BCUT2D eigenvalue weighted by molar-refractivity contribution is 0.199. The molecule has 1 rings (SSSR count). The van der Waals surface area contributed by atoms with Gasteiger partial charge in [-0.3, -0.25) is 0 Å². The Balaban J connectivity index is 2.26. The van der Waals surface area contributed by atoms with Gasteiger partial charge in [0, 0.05) is 26.6 Å². The number of hydrogen-bond acceptors (Lipinski definition) is 5. The monoisotopic (exact) mass is 229 g/mol. The molecular formula is C10H19N3OS. The predicted octanol–water partition coefficient (Wildman–Crippen LogP) is 1.47. The normalized spacial score (nSPS) is 11.2. The van der Waals surface area contributed by atoms with E-state index in [9.17, 15) is 0 Å². The molecule has 0 aliphatic rings. The van der Waals surface area contributed by atoms with E-state index in [1.165, 1.54) is 0 Å². The minimum atomic E-state index is 0.646. The Morgan fingerprint density at radius 1 is 1.33 bits per heavy atom. The highest BCUT2D eigenvalue weighted by Gasteiger charge is 2.05. The molecule has 0 saturated heterocycles. The summed E-state index contributed by atoms with van der Waals surface area (Å²) in [6.07, 6.45) is 1.02. The third-order valence-electron chi connectivity index (χ3n) is 1.85. The molecule has 5 heteroatoms. The van der Waals surface area contributed by atoms with Crippen LogP contribution in [0.15, 0.2) is 0 Å². The van der Waals surface area contributed by atoms with Crippen LogP contribution in [0.4, 0.5) is 0 Å². The van der Waals surface area contributed by atoms with Crippen LogP contribution in [0.2, 0.25) is 0 Å². The molecule has 0 amide bonds. The topological polar surface area (TPSA) is 47.0 Å². The lowest BCUT2D eigenvalue weighted by Gasteiger charge is -1.99. The molecule has 1 N–H and O–H groups in total. The molecule has 1 heterocycles. The van der Waals surface area contributed by atoms with Gasteiger partial charge in [-0.05, 0) is 5.92 Å². The fourth-order valence-corrected chi connectivity index (χ4v) is 2.19. The average Bonchev–Trinajstić information content (AvgIpc) is 2.59. The van der Waals surface area contributed by atoms with Crippen molar-refractivity contribution in [2.45, 2.75) is 26.8 Å². The van der Waals surface area contributed by atoms with E-state index in [2.05, 4.69) is 29.4 Å². The molecule has 0 saturated carbocycles. The van der Waals surface area contributed by atoms with E-state index in [4.69, 9.17) is 4.74 Å². The number of aromatic nitrogens is 2. The molecule has 0 unspecified atom stereocenters. The fraction of sp³-hybridized carbons (Fsp3) is 0.800. The molecule has 0 radical (unpaired) electrons. The van der Waals surface area contributed by atoms with Gasteiger partial charge in [0.2, 0.25) is 0 Å². The Bertz CT molecular complexity index is 275. The minimum Gasteiger partial charge on any atom is -0.383 e. The van der Waals surface area contributed by atoms with E-state index in [1.54, 1.807) is 18.4 Å². The van der Waals surface area contributed by atoms with Crippen LogP contribution < -0.4 is 5.32 Å². The maximum atomic E-state index is 4.94. The Kier molecular flexibility index (Phi) is 5.75. The second-order valence-electron chi connectivity index (χ2n) is 3.86.